The van der Waals surface area contributed by atoms with Crippen molar-refractivity contribution in [2.75, 3.05) is 12.4 Å². The molecule has 2 heterocycles. The highest BCUT2D eigenvalue weighted by molar-refractivity contribution is 8.15. The molecule has 7 nitrogen and oxygen atoms in total. The van der Waals surface area contributed by atoms with Crippen LogP contribution in [0.5, 0.6) is 5.75 Å². The molecule has 0 fully saturated rings. The van der Waals surface area contributed by atoms with Crippen molar-refractivity contribution in [2.24, 2.45) is 10.1 Å². The van der Waals surface area contributed by atoms with Gasteiger partial charge < -0.3 is 10.1 Å². The molecule has 0 aliphatic carbocycles. The maximum Gasteiger partial charge on any atom is 0.262 e. The number of methoxy groups -OCH3 is 1. The lowest BCUT2D eigenvalue weighted by atomic mass is 9.98. The van der Waals surface area contributed by atoms with Gasteiger partial charge in [-0.3, -0.25) is 9.59 Å². The van der Waals surface area contributed by atoms with E-state index >= 15 is 0 Å². The molecule has 2 amide bonds. The number of anilines is 1. The molecule has 0 bridgehead atoms. The SMILES string of the molecule is COc1ccc(C2CC(c3ccc(C)cc3)=NN2C2=NC(=O)C(CC(=O)Nc3cccc(F)c3)S2)cc1. The summed E-state index contributed by atoms with van der Waals surface area (Å²) < 4.78 is 18.7. The van der Waals surface area contributed by atoms with Crippen LogP contribution in [0.3, 0.4) is 0 Å². The summed E-state index contributed by atoms with van der Waals surface area (Å²) in [6.07, 6.45) is 0.552. The fraction of sp³-hybridized carbons (Fsp3) is 0.214. The van der Waals surface area contributed by atoms with E-state index in [0.29, 0.717) is 17.3 Å². The first-order valence-electron chi connectivity index (χ1n) is 11.8. The van der Waals surface area contributed by atoms with Gasteiger partial charge in [0.05, 0.1) is 18.9 Å². The molecule has 0 saturated carbocycles. The molecule has 3 aromatic rings. The van der Waals surface area contributed by atoms with Gasteiger partial charge in [0, 0.05) is 18.5 Å². The summed E-state index contributed by atoms with van der Waals surface area (Å²) in [5, 5.41) is 9.07. The van der Waals surface area contributed by atoms with Crippen molar-refractivity contribution in [3.05, 3.63) is 95.3 Å². The minimum Gasteiger partial charge on any atom is -0.497 e. The number of amides is 2. The van der Waals surface area contributed by atoms with Gasteiger partial charge in [-0.15, -0.1) is 0 Å². The number of benzene rings is 3. The van der Waals surface area contributed by atoms with Gasteiger partial charge in [0.2, 0.25) is 5.91 Å². The number of hydrogen-bond donors (Lipinski definition) is 1. The Hall–Kier alpha value is -3.98. The van der Waals surface area contributed by atoms with Crippen molar-refractivity contribution in [3.8, 4) is 5.75 Å². The van der Waals surface area contributed by atoms with Gasteiger partial charge in [-0.25, -0.2) is 9.40 Å². The third-order valence-corrected chi connectivity index (χ3v) is 7.34. The number of carbonyl (C=O) groups is 2. The Morgan fingerprint density at radius 3 is 2.59 bits per heavy atom. The van der Waals surface area contributed by atoms with Crippen LogP contribution in [-0.2, 0) is 9.59 Å². The molecular weight excluding hydrogens is 491 g/mol. The minimum absolute atomic E-state index is 0.0808. The Bertz CT molecular complexity index is 1390. The van der Waals surface area contributed by atoms with Crippen molar-refractivity contribution >= 4 is 40.1 Å². The summed E-state index contributed by atoms with van der Waals surface area (Å²) in [5.41, 5.74) is 4.41. The molecule has 0 saturated heterocycles. The second-order valence-corrected chi connectivity index (χ2v) is 10.0. The number of halogens is 1. The fourth-order valence-electron chi connectivity index (χ4n) is 4.24. The molecule has 188 valence electrons. The molecule has 37 heavy (non-hydrogen) atoms. The molecule has 9 heteroatoms. The number of hydrazone groups is 1. The summed E-state index contributed by atoms with van der Waals surface area (Å²) in [4.78, 5) is 29.6. The van der Waals surface area contributed by atoms with E-state index in [4.69, 9.17) is 9.84 Å². The summed E-state index contributed by atoms with van der Waals surface area (Å²) >= 11 is 1.22. The van der Waals surface area contributed by atoms with Gasteiger partial charge in [-0.1, -0.05) is 59.8 Å². The number of aliphatic imine (C=N–C) groups is 1. The molecule has 0 radical (unpaired) electrons. The molecule has 3 aromatic carbocycles. The fourth-order valence-corrected chi connectivity index (χ4v) is 5.31. The van der Waals surface area contributed by atoms with Crippen molar-refractivity contribution in [2.45, 2.75) is 31.1 Å². The zero-order valence-electron chi connectivity index (χ0n) is 20.3. The van der Waals surface area contributed by atoms with Gasteiger partial charge in [-0.2, -0.15) is 10.1 Å². The highest BCUT2D eigenvalue weighted by Crippen LogP contribution is 2.39. The first-order chi connectivity index (χ1) is 17.9. The Morgan fingerprint density at radius 2 is 1.89 bits per heavy atom. The standard InChI is InChI=1S/C28H25FN4O3S/c1-17-6-8-18(9-7-17)23-15-24(19-10-12-22(36-2)13-11-19)33(32-23)28-31-27(35)25(37-28)16-26(34)30-21-5-3-4-20(29)14-21/h3-14,24-25H,15-16H2,1-2H3,(H,30,34). The van der Waals surface area contributed by atoms with Crippen molar-refractivity contribution in [1.29, 1.82) is 0 Å². The smallest absolute Gasteiger partial charge is 0.262 e. The molecule has 5 rings (SSSR count). The molecule has 0 aromatic heterocycles. The van der Waals surface area contributed by atoms with E-state index in [1.54, 1.807) is 18.2 Å². The zero-order chi connectivity index (χ0) is 25.9. The number of nitrogens with zero attached hydrogens (tertiary/aromatic N) is 3. The molecule has 2 aliphatic rings. The lowest BCUT2D eigenvalue weighted by Crippen LogP contribution is -2.25. The van der Waals surface area contributed by atoms with E-state index < -0.39 is 11.1 Å². The number of thioether (sulfide) groups is 1. The summed E-state index contributed by atoms with van der Waals surface area (Å²) in [6.45, 7) is 2.03. The lowest BCUT2D eigenvalue weighted by molar-refractivity contribution is -0.121. The normalized spacial score (nSPS) is 19.0. The van der Waals surface area contributed by atoms with Crippen molar-refractivity contribution in [1.82, 2.24) is 5.01 Å². The van der Waals surface area contributed by atoms with Crippen LogP contribution in [0.2, 0.25) is 0 Å². The first kappa shape index (κ1) is 24.7. The second-order valence-electron chi connectivity index (χ2n) is 8.85. The third kappa shape index (κ3) is 5.56. The average molecular weight is 517 g/mol. The third-order valence-electron chi connectivity index (χ3n) is 6.20. The van der Waals surface area contributed by atoms with Gasteiger partial charge >= 0.3 is 0 Å². The number of amidine groups is 1. The number of nitrogens with one attached hydrogen (secondary N) is 1. The summed E-state index contributed by atoms with van der Waals surface area (Å²) in [6, 6.07) is 21.4. The van der Waals surface area contributed by atoms with Crippen LogP contribution in [0.15, 0.2) is 82.9 Å². The minimum atomic E-state index is -0.682. The van der Waals surface area contributed by atoms with Crippen LogP contribution < -0.4 is 10.1 Å². The highest BCUT2D eigenvalue weighted by Gasteiger charge is 2.39. The molecule has 0 spiro atoms. The predicted molar refractivity (Wildman–Crippen MR) is 143 cm³/mol. The first-order valence-corrected chi connectivity index (χ1v) is 12.7. The van der Waals surface area contributed by atoms with Crippen LogP contribution in [0, 0.1) is 12.7 Å². The van der Waals surface area contributed by atoms with Crippen LogP contribution in [0.4, 0.5) is 10.1 Å². The Kier molecular flexibility index (Phi) is 7.05. The van der Waals surface area contributed by atoms with Crippen LogP contribution in [-0.4, -0.2) is 40.1 Å². The van der Waals surface area contributed by atoms with Gasteiger partial charge in [0.15, 0.2) is 5.17 Å². The highest BCUT2D eigenvalue weighted by atomic mass is 32.2. The monoisotopic (exact) mass is 516 g/mol. The number of rotatable bonds is 6. The van der Waals surface area contributed by atoms with Gasteiger partial charge in [0.25, 0.3) is 5.91 Å². The van der Waals surface area contributed by atoms with Crippen LogP contribution in [0.1, 0.15) is 35.6 Å². The van der Waals surface area contributed by atoms with Gasteiger partial charge in [0.1, 0.15) is 16.8 Å². The topological polar surface area (TPSA) is 83.4 Å². The van der Waals surface area contributed by atoms with E-state index in [-0.39, 0.29) is 24.3 Å². The van der Waals surface area contributed by atoms with Gasteiger partial charge in [-0.05, 0) is 48.4 Å². The number of carbonyl (C=O) groups excluding carboxylic acids is 2. The lowest BCUT2D eigenvalue weighted by Gasteiger charge is -2.23. The second kappa shape index (κ2) is 10.6. The van der Waals surface area contributed by atoms with Crippen molar-refractivity contribution in [3.63, 3.8) is 0 Å². The Morgan fingerprint density at radius 1 is 1.14 bits per heavy atom. The molecule has 2 aliphatic heterocycles. The zero-order valence-corrected chi connectivity index (χ0v) is 21.2. The van der Waals surface area contributed by atoms with E-state index in [1.165, 1.54) is 30.0 Å². The maximum absolute atomic E-state index is 13.4. The van der Waals surface area contributed by atoms with Crippen LogP contribution in [0.25, 0.3) is 0 Å². The summed E-state index contributed by atoms with van der Waals surface area (Å²) in [7, 11) is 1.62. The van der Waals surface area contributed by atoms with E-state index in [2.05, 4.69) is 10.3 Å². The van der Waals surface area contributed by atoms with E-state index in [1.807, 2.05) is 55.5 Å². The molecule has 2 unspecified atom stereocenters. The average Bonchev–Trinajstić information content (AvgIpc) is 3.48. The van der Waals surface area contributed by atoms with Crippen LogP contribution >= 0.6 is 11.8 Å². The summed E-state index contributed by atoms with van der Waals surface area (Å²) in [5.74, 6) is -0.470. The maximum atomic E-state index is 13.4. The van der Waals surface area contributed by atoms with E-state index in [0.717, 1.165) is 28.2 Å². The molecule has 1 N–H and O–H groups in total. The largest absolute Gasteiger partial charge is 0.497 e. The van der Waals surface area contributed by atoms with Crippen molar-refractivity contribution < 1.29 is 18.7 Å². The van der Waals surface area contributed by atoms with E-state index in [9.17, 15) is 14.0 Å². The Balaban J connectivity index is 1.35. The number of aryl methyl sites for hydroxylation is 1. The molecular formula is C28H25FN4O3S. The molecule has 2 atom stereocenters. The Labute approximate surface area is 218 Å². The predicted octanol–water partition coefficient (Wildman–Crippen LogP) is 5.32. The quantitative estimate of drug-likeness (QED) is 0.480. The number of ether oxygens (including phenoxy) is 1. The number of hydrogen-bond acceptors (Lipinski definition) is 6.